The largest absolute Gasteiger partial charge is 0.379 e. The van der Waals surface area contributed by atoms with E-state index < -0.39 is 21.8 Å². The Labute approximate surface area is 144 Å². The number of anilines is 1. The van der Waals surface area contributed by atoms with Crippen LogP contribution in [0.4, 0.5) is 14.5 Å². The van der Waals surface area contributed by atoms with Crippen LogP contribution in [0.3, 0.4) is 0 Å². The van der Waals surface area contributed by atoms with Crippen molar-refractivity contribution in [2.24, 2.45) is 0 Å². The van der Waals surface area contributed by atoms with Crippen LogP contribution in [0.1, 0.15) is 18.9 Å². The summed E-state index contributed by atoms with van der Waals surface area (Å²) in [4.78, 5) is 13.1. The lowest BCUT2D eigenvalue weighted by atomic mass is 10.0. The van der Waals surface area contributed by atoms with Crippen LogP contribution in [-0.2, 0) is 21.3 Å². The van der Waals surface area contributed by atoms with E-state index in [1.165, 1.54) is 19.1 Å². The van der Waals surface area contributed by atoms with Crippen molar-refractivity contribution in [1.29, 1.82) is 0 Å². The molecule has 1 aliphatic heterocycles. The first-order valence-corrected chi connectivity index (χ1v) is 8.99. The van der Waals surface area contributed by atoms with Crippen molar-refractivity contribution in [1.82, 2.24) is 0 Å². The van der Waals surface area contributed by atoms with Crippen molar-refractivity contribution in [3.05, 3.63) is 53.6 Å². The fourth-order valence-corrected chi connectivity index (χ4v) is 3.73. The molecule has 25 heavy (non-hydrogen) atoms. The monoisotopic (exact) mass is 367 g/mol. The standard InChI is InChI=1S/C17H15F2NO4S/c1-11(21)20-8-2-3-12-9-14(5-7-17(12)20)25(22,23)24-13-4-6-15(18)16(19)10-13/h4-7,9-10H,2-3,8H2,1H3. The fraction of sp³-hybridized carbons (Fsp3) is 0.235. The summed E-state index contributed by atoms with van der Waals surface area (Å²) in [5.74, 6) is -2.73. The van der Waals surface area contributed by atoms with Crippen LogP contribution in [0.5, 0.6) is 5.75 Å². The highest BCUT2D eigenvalue weighted by atomic mass is 32.2. The molecule has 8 heteroatoms. The highest BCUT2D eigenvalue weighted by molar-refractivity contribution is 7.87. The highest BCUT2D eigenvalue weighted by Gasteiger charge is 2.24. The van der Waals surface area contributed by atoms with Crippen molar-refractivity contribution < 1.29 is 26.2 Å². The Balaban J connectivity index is 1.92. The average molecular weight is 367 g/mol. The molecule has 0 saturated carbocycles. The maximum Gasteiger partial charge on any atom is 0.339 e. The molecule has 0 aromatic heterocycles. The van der Waals surface area contributed by atoms with Crippen LogP contribution in [0.15, 0.2) is 41.3 Å². The summed E-state index contributed by atoms with van der Waals surface area (Å²) in [7, 11) is -4.21. The minimum atomic E-state index is -4.21. The maximum atomic E-state index is 13.2. The van der Waals surface area contributed by atoms with Crippen molar-refractivity contribution >= 4 is 21.7 Å². The molecule has 2 aromatic carbocycles. The lowest BCUT2D eigenvalue weighted by molar-refractivity contribution is -0.116. The number of fused-ring (bicyclic) bond motifs is 1. The minimum absolute atomic E-state index is 0.110. The van der Waals surface area contributed by atoms with Gasteiger partial charge in [0.2, 0.25) is 5.91 Å². The van der Waals surface area contributed by atoms with E-state index in [1.54, 1.807) is 11.0 Å². The Kier molecular flexibility index (Phi) is 4.47. The zero-order chi connectivity index (χ0) is 18.2. The molecular weight excluding hydrogens is 352 g/mol. The number of halogens is 2. The van der Waals surface area contributed by atoms with Gasteiger partial charge in [0.05, 0.1) is 0 Å². The Morgan fingerprint density at radius 3 is 2.56 bits per heavy atom. The molecule has 0 fully saturated rings. The zero-order valence-electron chi connectivity index (χ0n) is 13.3. The third-order valence-electron chi connectivity index (χ3n) is 3.94. The smallest absolute Gasteiger partial charge is 0.339 e. The van der Waals surface area contributed by atoms with Gasteiger partial charge in [0.25, 0.3) is 0 Å². The first-order valence-electron chi connectivity index (χ1n) is 7.58. The predicted octanol–water partition coefficient (Wildman–Crippen LogP) is 3.03. The van der Waals surface area contributed by atoms with Gasteiger partial charge in [-0.05, 0) is 48.7 Å². The van der Waals surface area contributed by atoms with Crippen molar-refractivity contribution in [3.63, 3.8) is 0 Å². The molecule has 0 atom stereocenters. The van der Waals surface area contributed by atoms with E-state index >= 15 is 0 Å². The number of benzene rings is 2. The summed E-state index contributed by atoms with van der Waals surface area (Å²) < 4.78 is 55.8. The normalized spacial score (nSPS) is 14.1. The van der Waals surface area contributed by atoms with Gasteiger partial charge in [-0.2, -0.15) is 8.42 Å². The molecule has 132 valence electrons. The van der Waals surface area contributed by atoms with E-state index in [1.807, 2.05) is 0 Å². The second kappa shape index (κ2) is 6.44. The summed E-state index contributed by atoms with van der Waals surface area (Å²) in [6, 6.07) is 6.82. The molecule has 0 aliphatic carbocycles. The first-order chi connectivity index (χ1) is 11.8. The Bertz CT molecular complexity index is 944. The molecule has 0 spiro atoms. The zero-order valence-corrected chi connectivity index (χ0v) is 14.1. The molecule has 2 aromatic rings. The minimum Gasteiger partial charge on any atom is -0.379 e. The van der Waals surface area contributed by atoms with Crippen LogP contribution in [0.2, 0.25) is 0 Å². The van der Waals surface area contributed by atoms with E-state index in [9.17, 15) is 22.0 Å². The second-order valence-electron chi connectivity index (χ2n) is 5.68. The summed E-state index contributed by atoms with van der Waals surface area (Å²) >= 11 is 0. The number of amides is 1. The molecule has 1 aliphatic rings. The number of rotatable bonds is 3. The van der Waals surface area contributed by atoms with Gasteiger partial charge in [0.15, 0.2) is 11.6 Å². The lowest BCUT2D eigenvalue weighted by Crippen LogP contribution is -2.33. The van der Waals surface area contributed by atoms with E-state index in [4.69, 9.17) is 4.18 Å². The first kappa shape index (κ1) is 17.3. The quantitative estimate of drug-likeness (QED) is 0.783. The molecule has 0 unspecified atom stereocenters. The van der Waals surface area contributed by atoms with Crippen LogP contribution in [-0.4, -0.2) is 20.9 Å². The number of carbonyl (C=O) groups is 1. The summed E-state index contributed by atoms with van der Waals surface area (Å²) in [5, 5.41) is 0. The molecule has 0 saturated heterocycles. The van der Waals surface area contributed by atoms with Gasteiger partial charge in [-0.1, -0.05) is 0 Å². The fourth-order valence-electron chi connectivity index (χ4n) is 2.76. The molecule has 0 N–H and O–H groups in total. The van der Waals surface area contributed by atoms with Crippen LogP contribution < -0.4 is 9.08 Å². The lowest BCUT2D eigenvalue weighted by Gasteiger charge is -2.28. The number of nitrogens with zero attached hydrogens (tertiary/aromatic N) is 1. The van der Waals surface area contributed by atoms with Crippen LogP contribution in [0.25, 0.3) is 0 Å². The van der Waals surface area contributed by atoms with Crippen molar-refractivity contribution in [2.75, 3.05) is 11.4 Å². The average Bonchev–Trinajstić information content (AvgIpc) is 2.56. The van der Waals surface area contributed by atoms with Gasteiger partial charge in [-0.3, -0.25) is 4.79 Å². The number of carbonyl (C=O) groups excluding carboxylic acids is 1. The van der Waals surface area contributed by atoms with E-state index in [-0.39, 0.29) is 16.6 Å². The van der Waals surface area contributed by atoms with Crippen LogP contribution in [0, 0.1) is 11.6 Å². The molecule has 0 bridgehead atoms. The molecule has 0 radical (unpaired) electrons. The third kappa shape index (κ3) is 3.48. The number of hydrogen-bond donors (Lipinski definition) is 0. The molecule has 1 heterocycles. The Morgan fingerprint density at radius 2 is 1.88 bits per heavy atom. The molecular formula is C17H15F2NO4S. The maximum absolute atomic E-state index is 13.2. The van der Waals surface area contributed by atoms with Crippen LogP contribution >= 0.6 is 0 Å². The van der Waals surface area contributed by atoms with E-state index in [2.05, 4.69) is 0 Å². The summed E-state index contributed by atoms with van der Waals surface area (Å²) in [6.45, 7) is 2.03. The Morgan fingerprint density at radius 1 is 1.12 bits per heavy atom. The Hall–Kier alpha value is -2.48. The number of hydrogen-bond acceptors (Lipinski definition) is 4. The van der Waals surface area contributed by atoms with Gasteiger partial charge in [0, 0.05) is 25.2 Å². The SMILES string of the molecule is CC(=O)N1CCCc2cc(S(=O)(=O)Oc3ccc(F)c(F)c3)ccc21. The van der Waals surface area contributed by atoms with Gasteiger partial charge in [0.1, 0.15) is 10.6 Å². The van der Waals surface area contributed by atoms with E-state index in [0.29, 0.717) is 24.7 Å². The van der Waals surface area contributed by atoms with Gasteiger partial charge >= 0.3 is 10.1 Å². The van der Waals surface area contributed by atoms with Gasteiger partial charge < -0.3 is 9.08 Å². The second-order valence-corrected chi connectivity index (χ2v) is 7.22. The highest BCUT2D eigenvalue weighted by Crippen LogP contribution is 2.30. The summed E-state index contributed by atoms with van der Waals surface area (Å²) in [6.07, 6.45) is 1.35. The predicted molar refractivity (Wildman–Crippen MR) is 87.0 cm³/mol. The molecule has 5 nitrogen and oxygen atoms in total. The third-order valence-corrected chi connectivity index (χ3v) is 5.18. The van der Waals surface area contributed by atoms with Gasteiger partial charge in [-0.15, -0.1) is 0 Å². The number of aryl methyl sites for hydroxylation is 1. The molecule has 1 amide bonds. The summed E-state index contributed by atoms with van der Waals surface area (Å²) in [5.41, 5.74) is 1.39. The van der Waals surface area contributed by atoms with Crippen molar-refractivity contribution in [3.8, 4) is 5.75 Å². The van der Waals surface area contributed by atoms with E-state index in [0.717, 1.165) is 24.1 Å². The topological polar surface area (TPSA) is 63.7 Å². The molecule has 3 rings (SSSR count). The van der Waals surface area contributed by atoms with Gasteiger partial charge in [-0.25, -0.2) is 8.78 Å². The van der Waals surface area contributed by atoms with Crippen molar-refractivity contribution in [2.45, 2.75) is 24.7 Å².